The molecule has 0 amide bonds. The van der Waals surface area contributed by atoms with E-state index in [4.69, 9.17) is 11.6 Å². The van der Waals surface area contributed by atoms with Gasteiger partial charge in [0, 0.05) is 10.6 Å². The van der Waals surface area contributed by atoms with Gasteiger partial charge in [0.2, 0.25) is 0 Å². The van der Waals surface area contributed by atoms with Crippen molar-refractivity contribution in [2.24, 2.45) is 0 Å². The smallest absolute Gasteiger partial charge is 0.150 e. The summed E-state index contributed by atoms with van der Waals surface area (Å²) in [6.45, 7) is 0. The summed E-state index contributed by atoms with van der Waals surface area (Å²) in [6, 6.07) is 11.6. The highest BCUT2D eigenvalue weighted by Crippen LogP contribution is 2.20. The molecule has 2 rings (SSSR count). The Kier molecular flexibility index (Phi) is 3.55. The lowest BCUT2D eigenvalue weighted by Gasteiger charge is -2.04. The minimum Gasteiger partial charge on any atom is -0.298 e. The molecule has 17 heavy (non-hydrogen) atoms. The first-order valence-corrected chi connectivity index (χ1v) is 5.55. The van der Waals surface area contributed by atoms with E-state index in [-0.39, 0.29) is 5.82 Å². The highest BCUT2D eigenvalue weighted by molar-refractivity contribution is 6.31. The first-order chi connectivity index (χ1) is 8.19. The molecule has 0 aliphatic heterocycles. The van der Waals surface area contributed by atoms with Crippen molar-refractivity contribution in [1.82, 2.24) is 0 Å². The number of aldehydes is 1. The molecule has 2 aromatic carbocycles. The standard InChI is InChI=1S/C14H10ClFO/c15-14-8-13(16)6-5-12(14)7-10-1-3-11(9-17)4-2-10/h1-6,8-9H,7H2. The number of carbonyl (C=O) groups is 1. The van der Waals surface area contributed by atoms with Crippen molar-refractivity contribution in [3.63, 3.8) is 0 Å². The maximum absolute atomic E-state index is 12.9. The van der Waals surface area contributed by atoms with Crippen molar-refractivity contribution >= 4 is 17.9 Å². The number of benzene rings is 2. The Hall–Kier alpha value is -1.67. The van der Waals surface area contributed by atoms with Crippen molar-refractivity contribution in [2.45, 2.75) is 6.42 Å². The van der Waals surface area contributed by atoms with Gasteiger partial charge in [0.05, 0.1) is 0 Å². The first-order valence-electron chi connectivity index (χ1n) is 5.17. The van der Waals surface area contributed by atoms with E-state index < -0.39 is 0 Å². The average molecular weight is 249 g/mol. The minimum absolute atomic E-state index is 0.338. The van der Waals surface area contributed by atoms with Gasteiger partial charge in [-0.3, -0.25) is 4.79 Å². The van der Waals surface area contributed by atoms with Crippen molar-refractivity contribution in [3.05, 3.63) is 70.0 Å². The second kappa shape index (κ2) is 5.11. The molecule has 0 atom stereocenters. The summed E-state index contributed by atoms with van der Waals surface area (Å²) in [4.78, 5) is 10.5. The Morgan fingerprint density at radius 3 is 2.41 bits per heavy atom. The van der Waals surface area contributed by atoms with E-state index in [9.17, 15) is 9.18 Å². The molecule has 0 aromatic heterocycles. The normalized spacial score (nSPS) is 10.2. The Labute approximate surface area is 104 Å². The van der Waals surface area contributed by atoms with Crippen LogP contribution in [0.5, 0.6) is 0 Å². The van der Waals surface area contributed by atoms with Crippen LogP contribution in [0.4, 0.5) is 4.39 Å². The molecule has 0 bridgehead atoms. The maximum Gasteiger partial charge on any atom is 0.150 e. The molecule has 0 unspecified atom stereocenters. The van der Waals surface area contributed by atoms with Crippen LogP contribution in [0.2, 0.25) is 5.02 Å². The Morgan fingerprint density at radius 2 is 1.82 bits per heavy atom. The summed E-state index contributed by atoms with van der Waals surface area (Å²) < 4.78 is 12.9. The third kappa shape index (κ3) is 2.92. The van der Waals surface area contributed by atoms with Gasteiger partial charge >= 0.3 is 0 Å². The zero-order valence-corrected chi connectivity index (χ0v) is 9.75. The number of hydrogen-bond acceptors (Lipinski definition) is 1. The molecule has 0 fully saturated rings. The van der Waals surface area contributed by atoms with E-state index in [1.807, 2.05) is 12.1 Å². The van der Waals surface area contributed by atoms with Gasteiger partial charge in [-0.05, 0) is 29.7 Å². The Balaban J connectivity index is 2.22. The van der Waals surface area contributed by atoms with Gasteiger partial charge in [-0.1, -0.05) is 41.9 Å². The number of hydrogen-bond donors (Lipinski definition) is 0. The van der Waals surface area contributed by atoms with E-state index in [0.29, 0.717) is 17.0 Å². The number of rotatable bonds is 3. The fraction of sp³-hybridized carbons (Fsp3) is 0.0714. The van der Waals surface area contributed by atoms with Crippen LogP contribution < -0.4 is 0 Å². The number of halogens is 2. The van der Waals surface area contributed by atoms with E-state index in [0.717, 1.165) is 17.4 Å². The van der Waals surface area contributed by atoms with Crippen molar-refractivity contribution in [1.29, 1.82) is 0 Å². The monoisotopic (exact) mass is 248 g/mol. The lowest BCUT2D eigenvalue weighted by atomic mass is 10.0. The Bertz CT molecular complexity index is 534. The molecular weight excluding hydrogens is 239 g/mol. The van der Waals surface area contributed by atoms with Crippen LogP contribution in [-0.2, 0) is 6.42 Å². The largest absolute Gasteiger partial charge is 0.298 e. The summed E-state index contributed by atoms with van der Waals surface area (Å²) in [5.74, 6) is -0.338. The number of carbonyl (C=O) groups excluding carboxylic acids is 1. The molecule has 0 saturated carbocycles. The summed E-state index contributed by atoms with van der Waals surface area (Å²) in [6.07, 6.45) is 1.42. The van der Waals surface area contributed by atoms with Gasteiger partial charge in [-0.25, -0.2) is 4.39 Å². The van der Waals surface area contributed by atoms with Crippen molar-refractivity contribution in [3.8, 4) is 0 Å². The lowest BCUT2D eigenvalue weighted by Crippen LogP contribution is -1.91. The van der Waals surface area contributed by atoms with E-state index in [1.54, 1.807) is 18.2 Å². The van der Waals surface area contributed by atoms with Gasteiger partial charge in [-0.2, -0.15) is 0 Å². The zero-order valence-electron chi connectivity index (χ0n) is 8.99. The quantitative estimate of drug-likeness (QED) is 0.754. The topological polar surface area (TPSA) is 17.1 Å². The minimum atomic E-state index is -0.338. The van der Waals surface area contributed by atoms with Crippen molar-refractivity contribution < 1.29 is 9.18 Å². The molecule has 0 N–H and O–H groups in total. The van der Waals surface area contributed by atoms with Crippen LogP contribution >= 0.6 is 11.6 Å². The summed E-state index contributed by atoms with van der Waals surface area (Å²) in [7, 11) is 0. The average Bonchev–Trinajstić information content (AvgIpc) is 2.34. The molecule has 0 spiro atoms. The molecular formula is C14H10ClFO. The van der Waals surface area contributed by atoms with Gasteiger partial charge in [0.1, 0.15) is 12.1 Å². The highest BCUT2D eigenvalue weighted by Gasteiger charge is 2.03. The molecule has 0 radical (unpaired) electrons. The predicted octanol–water partition coefficient (Wildman–Crippen LogP) is 3.88. The third-order valence-corrected chi connectivity index (χ3v) is 2.88. The van der Waals surface area contributed by atoms with Crippen molar-refractivity contribution in [2.75, 3.05) is 0 Å². The maximum atomic E-state index is 12.9. The summed E-state index contributed by atoms with van der Waals surface area (Å²) in [5, 5.41) is 0.421. The molecule has 0 aliphatic carbocycles. The Morgan fingerprint density at radius 1 is 1.12 bits per heavy atom. The lowest BCUT2D eigenvalue weighted by molar-refractivity contribution is 0.112. The molecule has 3 heteroatoms. The molecule has 0 aliphatic rings. The van der Waals surface area contributed by atoms with E-state index >= 15 is 0 Å². The van der Waals surface area contributed by atoms with Gasteiger partial charge in [0.15, 0.2) is 0 Å². The van der Waals surface area contributed by atoms with E-state index in [2.05, 4.69) is 0 Å². The molecule has 2 aromatic rings. The fourth-order valence-corrected chi connectivity index (χ4v) is 1.83. The summed E-state index contributed by atoms with van der Waals surface area (Å²) in [5.41, 5.74) is 2.54. The second-order valence-electron chi connectivity index (χ2n) is 3.77. The van der Waals surface area contributed by atoms with Gasteiger partial charge in [-0.15, -0.1) is 0 Å². The van der Waals surface area contributed by atoms with Crippen LogP contribution in [0.25, 0.3) is 0 Å². The third-order valence-electron chi connectivity index (χ3n) is 2.53. The molecule has 0 heterocycles. The van der Waals surface area contributed by atoms with Crippen LogP contribution in [0.15, 0.2) is 42.5 Å². The second-order valence-corrected chi connectivity index (χ2v) is 4.18. The fourth-order valence-electron chi connectivity index (χ4n) is 1.60. The SMILES string of the molecule is O=Cc1ccc(Cc2ccc(F)cc2Cl)cc1. The van der Waals surface area contributed by atoms with E-state index in [1.165, 1.54) is 12.1 Å². The molecule has 86 valence electrons. The van der Waals surface area contributed by atoms with Crippen LogP contribution in [0.3, 0.4) is 0 Å². The van der Waals surface area contributed by atoms with Gasteiger partial charge in [0.25, 0.3) is 0 Å². The van der Waals surface area contributed by atoms with Crippen LogP contribution in [0, 0.1) is 5.82 Å². The zero-order chi connectivity index (χ0) is 12.3. The predicted molar refractivity (Wildman–Crippen MR) is 66.0 cm³/mol. The molecule has 1 nitrogen and oxygen atoms in total. The van der Waals surface area contributed by atoms with Crippen LogP contribution in [0.1, 0.15) is 21.5 Å². The van der Waals surface area contributed by atoms with Gasteiger partial charge < -0.3 is 0 Å². The molecule has 0 saturated heterocycles. The van der Waals surface area contributed by atoms with Crippen LogP contribution in [-0.4, -0.2) is 6.29 Å². The summed E-state index contributed by atoms with van der Waals surface area (Å²) >= 11 is 5.94. The first kappa shape index (κ1) is 11.8. The highest BCUT2D eigenvalue weighted by atomic mass is 35.5.